The van der Waals surface area contributed by atoms with Gasteiger partial charge in [-0.05, 0) is 47.7 Å². The Hall–Kier alpha value is -4.46. The van der Waals surface area contributed by atoms with E-state index in [4.69, 9.17) is 9.84 Å². The topological polar surface area (TPSA) is 106 Å². The Morgan fingerprint density at radius 3 is 2.20 bits per heavy atom. The van der Waals surface area contributed by atoms with Crippen molar-refractivity contribution in [1.82, 2.24) is 15.0 Å². The Morgan fingerprint density at radius 2 is 1.60 bits per heavy atom. The lowest BCUT2D eigenvalue weighted by Crippen LogP contribution is -2.19. The summed E-state index contributed by atoms with van der Waals surface area (Å²) in [6.45, 7) is 3.76. The molecule has 1 aromatic heterocycles. The Balaban J connectivity index is 1.51. The van der Waals surface area contributed by atoms with Crippen LogP contribution in [-0.2, 0) is 22.4 Å². The van der Waals surface area contributed by atoms with Gasteiger partial charge >= 0.3 is 12.1 Å². The van der Waals surface area contributed by atoms with Crippen molar-refractivity contribution < 1.29 is 19.4 Å². The van der Waals surface area contributed by atoms with Crippen molar-refractivity contribution in [2.45, 2.75) is 32.8 Å². The molecule has 0 saturated carbocycles. The molecule has 0 radical (unpaired) electrons. The molecule has 35 heavy (non-hydrogen) atoms. The molecule has 0 aliphatic heterocycles. The summed E-state index contributed by atoms with van der Waals surface area (Å²) in [5, 5.41) is 20.2. The van der Waals surface area contributed by atoms with Gasteiger partial charge in [-0.3, -0.25) is 10.1 Å². The first-order chi connectivity index (χ1) is 16.9. The molecule has 8 nitrogen and oxygen atoms in total. The summed E-state index contributed by atoms with van der Waals surface area (Å²) in [5.74, 6) is -0.396. The highest BCUT2D eigenvalue weighted by atomic mass is 16.6. The van der Waals surface area contributed by atoms with Gasteiger partial charge in [0.1, 0.15) is 11.8 Å². The van der Waals surface area contributed by atoms with Crippen LogP contribution in [0.2, 0.25) is 0 Å². The molecular formula is C27H26N4O4. The third kappa shape index (κ3) is 5.73. The van der Waals surface area contributed by atoms with Gasteiger partial charge in [0.2, 0.25) is 0 Å². The number of ether oxygens (including phenoxy) is 1. The summed E-state index contributed by atoms with van der Waals surface area (Å²) in [7, 11) is 0. The highest BCUT2D eigenvalue weighted by Gasteiger charge is 2.19. The molecule has 1 heterocycles. The molecule has 0 spiro atoms. The number of carbonyl (C=O) groups is 2. The van der Waals surface area contributed by atoms with E-state index in [1.165, 1.54) is 0 Å². The lowest BCUT2D eigenvalue weighted by atomic mass is 10.0. The Bertz CT molecular complexity index is 1300. The van der Waals surface area contributed by atoms with Crippen LogP contribution in [0, 0.1) is 0 Å². The second kappa shape index (κ2) is 10.6. The second-order valence-electron chi connectivity index (χ2n) is 8.05. The van der Waals surface area contributed by atoms with E-state index in [1.54, 1.807) is 4.68 Å². The van der Waals surface area contributed by atoms with Gasteiger partial charge in [-0.15, -0.1) is 5.10 Å². The summed E-state index contributed by atoms with van der Waals surface area (Å²) in [6, 6.07) is 24.6. The van der Waals surface area contributed by atoms with E-state index in [-0.39, 0.29) is 6.42 Å². The molecular weight excluding hydrogens is 444 g/mol. The van der Waals surface area contributed by atoms with Crippen LogP contribution >= 0.6 is 0 Å². The minimum Gasteiger partial charge on any atom is -0.481 e. The van der Waals surface area contributed by atoms with Crippen LogP contribution in [0.4, 0.5) is 10.6 Å². The lowest BCUT2D eigenvalue weighted by Gasteiger charge is -2.15. The van der Waals surface area contributed by atoms with E-state index >= 15 is 0 Å². The number of carboxylic acids is 1. The van der Waals surface area contributed by atoms with Gasteiger partial charge < -0.3 is 9.84 Å². The largest absolute Gasteiger partial charge is 0.481 e. The summed E-state index contributed by atoms with van der Waals surface area (Å²) >= 11 is 0. The van der Waals surface area contributed by atoms with Crippen molar-refractivity contribution in [3.63, 3.8) is 0 Å². The highest BCUT2D eigenvalue weighted by Crippen LogP contribution is 2.25. The van der Waals surface area contributed by atoms with Crippen molar-refractivity contribution in [3.05, 3.63) is 95.7 Å². The van der Waals surface area contributed by atoms with Crippen LogP contribution in [0.5, 0.6) is 0 Å². The first-order valence-corrected chi connectivity index (χ1v) is 11.3. The number of hydrogen-bond donors (Lipinski definition) is 2. The molecule has 0 aliphatic rings. The van der Waals surface area contributed by atoms with E-state index in [9.17, 15) is 9.59 Å². The SMILES string of the molecule is CCc1nnn(-c2ccc(-c3ccc(CC(=O)O)cc3)cc2)c1NC(=O)OC(C)c1ccccc1. The molecule has 4 rings (SSSR count). The van der Waals surface area contributed by atoms with Crippen LogP contribution in [0.1, 0.15) is 36.8 Å². The van der Waals surface area contributed by atoms with Crippen LogP contribution in [0.3, 0.4) is 0 Å². The normalized spacial score (nSPS) is 11.6. The van der Waals surface area contributed by atoms with Crippen molar-refractivity contribution in [3.8, 4) is 16.8 Å². The Morgan fingerprint density at radius 1 is 0.971 bits per heavy atom. The minimum absolute atomic E-state index is 0.00633. The number of nitrogens with zero attached hydrogens (tertiary/aromatic N) is 3. The zero-order valence-corrected chi connectivity index (χ0v) is 19.5. The maximum atomic E-state index is 12.6. The number of amides is 1. The summed E-state index contributed by atoms with van der Waals surface area (Å²) in [4.78, 5) is 23.5. The van der Waals surface area contributed by atoms with E-state index in [0.29, 0.717) is 17.9 Å². The number of carboxylic acid groups (broad SMARTS) is 1. The third-order valence-electron chi connectivity index (χ3n) is 5.60. The molecule has 1 atom stereocenters. The van der Waals surface area contributed by atoms with E-state index in [1.807, 2.05) is 92.7 Å². The number of nitrogens with one attached hydrogen (secondary N) is 1. The van der Waals surface area contributed by atoms with Crippen LogP contribution in [0.15, 0.2) is 78.9 Å². The molecule has 4 aromatic rings. The van der Waals surface area contributed by atoms with Crippen LogP contribution < -0.4 is 5.32 Å². The fourth-order valence-corrected chi connectivity index (χ4v) is 3.72. The minimum atomic E-state index is -0.857. The monoisotopic (exact) mass is 470 g/mol. The number of rotatable bonds is 8. The predicted molar refractivity (Wildman–Crippen MR) is 132 cm³/mol. The van der Waals surface area contributed by atoms with E-state index in [0.717, 1.165) is 27.9 Å². The van der Waals surface area contributed by atoms with E-state index in [2.05, 4.69) is 15.6 Å². The average Bonchev–Trinajstić information content (AvgIpc) is 3.27. The van der Waals surface area contributed by atoms with Gasteiger partial charge in [0.15, 0.2) is 5.82 Å². The Kier molecular flexibility index (Phi) is 7.21. The maximum Gasteiger partial charge on any atom is 0.413 e. The van der Waals surface area contributed by atoms with Gasteiger partial charge in [0, 0.05) is 0 Å². The number of benzene rings is 3. The molecule has 178 valence electrons. The number of aromatic nitrogens is 3. The van der Waals surface area contributed by atoms with Crippen LogP contribution in [0.25, 0.3) is 16.8 Å². The molecule has 0 bridgehead atoms. The first-order valence-electron chi connectivity index (χ1n) is 11.3. The lowest BCUT2D eigenvalue weighted by molar-refractivity contribution is -0.136. The van der Waals surface area contributed by atoms with Gasteiger partial charge in [-0.2, -0.15) is 4.68 Å². The average molecular weight is 471 g/mol. The zero-order valence-electron chi connectivity index (χ0n) is 19.5. The number of carbonyl (C=O) groups excluding carboxylic acids is 1. The molecule has 1 unspecified atom stereocenters. The number of hydrogen-bond acceptors (Lipinski definition) is 5. The number of aliphatic carboxylic acids is 1. The standard InChI is InChI=1S/C27H26N4O4/c1-3-24-26(28-27(34)35-18(2)20-7-5-4-6-8-20)31(30-29-24)23-15-13-22(14-16-23)21-11-9-19(10-12-21)17-25(32)33/h4-16,18H,3,17H2,1-2H3,(H,28,34)(H,32,33). The fourth-order valence-electron chi connectivity index (χ4n) is 3.72. The molecule has 1 amide bonds. The van der Waals surface area contributed by atoms with Crippen molar-refractivity contribution in [2.75, 3.05) is 5.32 Å². The van der Waals surface area contributed by atoms with Gasteiger partial charge in [0.05, 0.1) is 12.1 Å². The van der Waals surface area contributed by atoms with Crippen molar-refractivity contribution >= 4 is 17.9 Å². The molecule has 8 heteroatoms. The third-order valence-corrected chi connectivity index (χ3v) is 5.60. The summed E-state index contributed by atoms with van der Waals surface area (Å²) in [6.07, 6.45) is -0.414. The smallest absolute Gasteiger partial charge is 0.413 e. The van der Waals surface area contributed by atoms with Gasteiger partial charge in [-0.1, -0.05) is 78.9 Å². The molecule has 0 fully saturated rings. The second-order valence-corrected chi connectivity index (χ2v) is 8.05. The van der Waals surface area contributed by atoms with Crippen LogP contribution in [-0.4, -0.2) is 32.2 Å². The quantitative estimate of drug-likeness (QED) is 0.355. The maximum absolute atomic E-state index is 12.6. The molecule has 0 aliphatic carbocycles. The first kappa shape index (κ1) is 23.7. The number of aryl methyl sites for hydroxylation is 1. The molecule has 0 saturated heterocycles. The Labute approximate surface area is 203 Å². The predicted octanol–water partition coefficient (Wildman–Crippen LogP) is 5.43. The molecule has 3 aromatic carbocycles. The van der Waals surface area contributed by atoms with Gasteiger partial charge in [-0.25, -0.2) is 4.79 Å². The number of anilines is 1. The van der Waals surface area contributed by atoms with Crippen molar-refractivity contribution in [2.24, 2.45) is 0 Å². The highest BCUT2D eigenvalue weighted by molar-refractivity contribution is 5.84. The zero-order chi connectivity index (χ0) is 24.8. The van der Waals surface area contributed by atoms with E-state index < -0.39 is 18.2 Å². The summed E-state index contributed by atoms with van der Waals surface area (Å²) in [5.41, 5.74) is 4.96. The summed E-state index contributed by atoms with van der Waals surface area (Å²) < 4.78 is 7.13. The molecule has 2 N–H and O–H groups in total. The van der Waals surface area contributed by atoms with Crippen molar-refractivity contribution in [1.29, 1.82) is 0 Å². The fraction of sp³-hybridized carbons (Fsp3) is 0.185. The van der Waals surface area contributed by atoms with Gasteiger partial charge in [0.25, 0.3) is 0 Å².